The molecule has 2 fully saturated rings. The van der Waals surface area contributed by atoms with E-state index in [-0.39, 0.29) is 24.1 Å². The molecule has 2 heterocycles. The molecule has 0 saturated carbocycles. The number of nitrogens with zero attached hydrogens (tertiary/aromatic N) is 2. The molecular weight excluding hydrogens is 312 g/mol. The fraction of sp³-hybridized carbons (Fsp3) is 0.875. The summed E-state index contributed by atoms with van der Waals surface area (Å²) in [4.78, 5) is 27.3. The lowest BCUT2D eigenvalue weighted by Gasteiger charge is -2.26. The molecule has 0 aromatic carbocycles. The van der Waals surface area contributed by atoms with Crippen molar-refractivity contribution in [2.24, 2.45) is 0 Å². The molecule has 3 N–H and O–H groups in total. The molecule has 3 amide bonds. The van der Waals surface area contributed by atoms with Gasteiger partial charge in [-0.15, -0.1) is 0 Å². The summed E-state index contributed by atoms with van der Waals surface area (Å²) in [6.45, 7) is 9.41. The Morgan fingerprint density at radius 1 is 1.25 bits per heavy atom. The van der Waals surface area contributed by atoms with Crippen LogP contribution < -0.4 is 10.6 Å². The number of hydrogen-bond acceptors (Lipinski definition) is 5. The number of amides is 3. The summed E-state index contributed by atoms with van der Waals surface area (Å²) in [5.41, 5.74) is 0. The maximum absolute atomic E-state index is 11.8. The first kappa shape index (κ1) is 19.0. The molecule has 2 aliphatic heterocycles. The summed E-state index contributed by atoms with van der Waals surface area (Å²) in [5.74, 6) is 0.106. The van der Waals surface area contributed by atoms with E-state index in [0.717, 1.165) is 26.1 Å². The summed E-state index contributed by atoms with van der Waals surface area (Å²) in [6.07, 6.45) is -0.130. The second-order valence-electron chi connectivity index (χ2n) is 6.90. The number of rotatable bonds is 4. The Hall–Kier alpha value is -1.38. The van der Waals surface area contributed by atoms with Crippen LogP contribution in [-0.4, -0.2) is 90.5 Å². The van der Waals surface area contributed by atoms with Crippen molar-refractivity contribution in [2.75, 3.05) is 39.3 Å². The van der Waals surface area contributed by atoms with E-state index in [1.807, 2.05) is 18.7 Å². The smallest absolute Gasteiger partial charge is 0.315 e. The third-order valence-corrected chi connectivity index (χ3v) is 4.49. The third-order valence-electron chi connectivity index (χ3n) is 4.49. The molecule has 0 aromatic heterocycles. The molecule has 0 radical (unpaired) electrons. The van der Waals surface area contributed by atoms with Gasteiger partial charge >= 0.3 is 6.03 Å². The second-order valence-corrected chi connectivity index (χ2v) is 6.90. The Morgan fingerprint density at radius 3 is 2.67 bits per heavy atom. The molecule has 138 valence electrons. The fourth-order valence-corrected chi connectivity index (χ4v) is 3.17. The molecule has 24 heavy (non-hydrogen) atoms. The molecule has 2 saturated heterocycles. The van der Waals surface area contributed by atoms with E-state index in [1.165, 1.54) is 0 Å². The van der Waals surface area contributed by atoms with Crippen LogP contribution in [0, 0.1) is 0 Å². The lowest BCUT2D eigenvalue weighted by Crippen LogP contribution is -2.51. The Bertz CT molecular complexity index is 446. The van der Waals surface area contributed by atoms with Gasteiger partial charge in [0.2, 0.25) is 5.91 Å². The molecule has 0 bridgehead atoms. The van der Waals surface area contributed by atoms with E-state index in [1.54, 1.807) is 6.92 Å². The highest BCUT2D eigenvalue weighted by Gasteiger charge is 2.38. The average Bonchev–Trinajstić information content (AvgIpc) is 2.71. The first-order valence-electron chi connectivity index (χ1n) is 8.71. The number of carbonyl (C=O) groups is 2. The van der Waals surface area contributed by atoms with Crippen LogP contribution >= 0.6 is 0 Å². The first-order valence-corrected chi connectivity index (χ1v) is 8.71. The quantitative estimate of drug-likeness (QED) is 0.633. The predicted octanol–water partition coefficient (Wildman–Crippen LogP) is -0.623. The zero-order valence-corrected chi connectivity index (χ0v) is 14.8. The van der Waals surface area contributed by atoms with Crippen LogP contribution in [0.1, 0.15) is 27.2 Å². The Morgan fingerprint density at radius 2 is 2.00 bits per heavy atom. The van der Waals surface area contributed by atoms with Gasteiger partial charge in [0.1, 0.15) is 6.10 Å². The van der Waals surface area contributed by atoms with E-state index in [4.69, 9.17) is 4.74 Å². The summed E-state index contributed by atoms with van der Waals surface area (Å²) < 4.78 is 5.69. The average molecular weight is 342 g/mol. The van der Waals surface area contributed by atoms with Gasteiger partial charge in [0.25, 0.3) is 0 Å². The number of hydrogen-bond donors (Lipinski definition) is 3. The van der Waals surface area contributed by atoms with E-state index in [9.17, 15) is 14.7 Å². The number of nitrogens with one attached hydrogen (secondary N) is 2. The second kappa shape index (κ2) is 8.64. The van der Waals surface area contributed by atoms with Crippen molar-refractivity contribution in [3.8, 4) is 0 Å². The Labute approximate surface area is 143 Å². The lowest BCUT2D eigenvalue weighted by atomic mass is 10.1. The van der Waals surface area contributed by atoms with Crippen LogP contribution in [0.25, 0.3) is 0 Å². The van der Waals surface area contributed by atoms with E-state index in [0.29, 0.717) is 19.7 Å². The van der Waals surface area contributed by atoms with Crippen molar-refractivity contribution >= 4 is 11.9 Å². The van der Waals surface area contributed by atoms with Crippen molar-refractivity contribution in [3.63, 3.8) is 0 Å². The number of carbonyl (C=O) groups excluding carboxylic acids is 2. The standard InChI is InChI=1S/C16H30N4O4/c1-11(2)17-16(23)18-13-10-24-14(15(13)22)9-19-5-4-6-20(8-7-19)12(3)21/h11,13-15,22H,4-10H2,1-3H3,(H2,17,18,23)/t13-,14-,15+/m0/s1. The maximum Gasteiger partial charge on any atom is 0.315 e. The van der Waals surface area contributed by atoms with Crippen molar-refractivity contribution in [3.05, 3.63) is 0 Å². The zero-order valence-electron chi connectivity index (χ0n) is 14.8. The summed E-state index contributed by atoms with van der Waals surface area (Å²) in [7, 11) is 0. The third kappa shape index (κ3) is 5.32. The minimum atomic E-state index is -0.727. The fourth-order valence-electron chi connectivity index (χ4n) is 3.17. The van der Waals surface area contributed by atoms with Crippen LogP contribution in [0.4, 0.5) is 4.79 Å². The molecule has 8 nitrogen and oxygen atoms in total. The van der Waals surface area contributed by atoms with Gasteiger partial charge in [-0.05, 0) is 26.8 Å². The summed E-state index contributed by atoms with van der Waals surface area (Å²) in [5, 5.41) is 15.9. The van der Waals surface area contributed by atoms with Crippen LogP contribution in [0.5, 0.6) is 0 Å². The lowest BCUT2D eigenvalue weighted by molar-refractivity contribution is -0.128. The van der Waals surface area contributed by atoms with Crippen molar-refractivity contribution in [1.82, 2.24) is 20.4 Å². The normalized spacial score (nSPS) is 28.7. The highest BCUT2D eigenvalue weighted by molar-refractivity contribution is 5.74. The molecule has 0 aromatic rings. The van der Waals surface area contributed by atoms with Gasteiger partial charge in [-0.25, -0.2) is 4.79 Å². The van der Waals surface area contributed by atoms with Crippen molar-refractivity contribution in [2.45, 2.75) is 51.5 Å². The van der Waals surface area contributed by atoms with Crippen molar-refractivity contribution < 1.29 is 19.4 Å². The first-order chi connectivity index (χ1) is 11.4. The SMILES string of the molecule is CC(=O)N1CCCN(C[C@@H]2OC[C@H](NC(=O)NC(C)C)[C@H]2O)CC1. The van der Waals surface area contributed by atoms with Gasteiger partial charge in [-0.2, -0.15) is 0 Å². The summed E-state index contributed by atoms with van der Waals surface area (Å²) >= 11 is 0. The van der Waals surface area contributed by atoms with Gasteiger partial charge in [0.05, 0.1) is 18.8 Å². The summed E-state index contributed by atoms with van der Waals surface area (Å²) in [6, 6.07) is -0.638. The maximum atomic E-state index is 11.8. The van der Waals surface area contributed by atoms with E-state index < -0.39 is 12.1 Å². The van der Waals surface area contributed by atoms with Crippen LogP contribution in [0.3, 0.4) is 0 Å². The molecular formula is C16H30N4O4. The Balaban J connectivity index is 1.79. The molecule has 0 spiro atoms. The van der Waals surface area contributed by atoms with Gasteiger partial charge < -0.3 is 25.4 Å². The number of urea groups is 1. The van der Waals surface area contributed by atoms with Crippen molar-refractivity contribution in [1.29, 1.82) is 0 Å². The van der Waals surface area contributed by atoms with Crippen LogP contribution in [0.2, 0.25) is 0 Å². The van der Waals surface area contributed by atoms with Crippen LogP contribution in [-0.2, 0) is 9.53 Å². The zero-order chi connectivity index (χ0) is 17.7. The number of aliphatic hydroxyl groups excluding tert-OH is 1. The monoisotopic (exact) mass is 342 g/mol. The highest BCUT2D eigenvalue weighted by Crippen LogP contribution is 2.17. The molecule has 2 aliphatic rings. The number of ether oxygens (including phenoxy) is 1. The van der Waals surface area contributed by atoms with Crippen LogP contribution in [0.15, 0.2) is 0 Å². The predicted molar refractivity (Wildman–Crippen MR) is 89.6 cm³/mol. The van der Waals surface area contributed by atoms with Gasteiger partial charge in [0.15, 0.2) is 0 Å². The largest absolute Gasteiger partial charge is 0.388 e. The molecule has 8 heteroatoms. The minimum absolute atomic E-state index is 0.0431. The Kier molecular flexibility index (Phi) is 6.82. The van der Waals surface area contributed by atoms with Gasteiger partial charge in [-0.3, -0.25) is 9.69 Å². The minimum Gasteiger partial charge on any atom is -0.388 e. The topological polar surface area (TPSA) is 94.1 Å². The van der Waals surface area contributed by atoms with Gasteiger partial charge in [-0.1, -0.05) is 0 Å². The highest BCUT2D eigenvalue weighted by atomic mass is 16.5. The molecule has 0 unspecified atom stereocenters. The molecule has 0 aliphatic carbocycles. The number of aliphatic hydroxyl groups is 1. The molecule has 3 atom stereocenters. The van der Waals surface area contributed by atoms with Gasteiger partial charge in [0, 0.05) is 39.1 Å². The molecule has 2 rings (SSSR count). The van der Waals surface area contributed by atoms with E-state index >= 15 is 0 Å². The van der Waals surface area contributed by atoms with E-state index in [2.05, 4.69) is 15.5 Å².